The number of nitriles is 1. The van der Waals surface area contributed by atoms with Crippen LogP contribution >= 0.6 is 0 Å². The first-order chi connectivity index (χ1) is 9.21. The molecule has 0 saturated heterocycles. The van der Waals surface area contributed by atoms with Crippen LogP contribution in [-0.2, 0) is 6.54 Å². The van der Waals surface area contributed by atoms with E-state index < -0.39 is 0 Å². The van der Waals surface area contributed by atoms with Crippen molar-refractivity contribution in [3.8, 4) is 6.07 Å². The molecule has 0 fully saturated rings. The summed E-state index contributed by atoms with van der Waals surface area (Å²) in [6, 6.07) is 5.34. The first-order valence-corrected chi connectivity index (χ1v) is 5.51. The molecular formula is C14H11N3O2. The Balaban J connectivity index is 2.59. The van der Waals surface area contributed by atoms with E-state index in [4.69, 9.17) is 9.78 Å². The molecule has 0 aromatic carbocycles. The van der Waals surface area contributed by atoms with Gasteiger partial charge in [-0.3, -0.25) is 4.79 Å². The van der Waals surface area contributed by atoms with Crippen molar-refractivity contribution in [3.05, 3.63) is 54.2 Å². The highest BCUT2D eigenvalue weighted by Crippen LogP contribution is 2.24. The zero-order valence-electron chi connectivity index (χ0n) is 10.2. The summed E-state index contributed by atoms with van der Waals surface area (Å²) in [4.78, 5) is 11.1. The molecule has 5 nitrogen and oxygen atoms in total. The van der Waals surface area contributed by atoms with Gasteiger partial charge in [0.15, 0.2) is 12.0 Å². The molecule has 0 amide bonds. The second-order valence-electron chi connectivity index (χ2n) is 3.85. The standard InChI is InChI=1S/C14H11N3O2/c1-3-11-6-12(9-18)17(14(11)10(2)7-15)8-13-4-5-16-19-13/h3-6,9H,1-2,8H2. The van der Waals surface area contributed by atoms with Gasteiger partial charge in [0.05, 0.1) is 29.7 Å². The maximum Gasteiger partial charge on any atom is 0.166 e. The largest absolute Gasteiger partial charge is 0.359 e. The number of hydrogen-bond donors (Lipinski definition) is 0. The van der Waals surface area contributed by atoms with Crippen LogP contribution in [0.2, 0.25) is 0 Å². The number of hydrogen-bond acceptors (Lipinski definition) is 4. The molecule has 19 heavy (non-hydrogen) atoms. The van der Waals surface area contributed by atoms with Crippen LogP contribution in [0.5, 0.6) is 0 Å². The van der Waals surface area contributed by atoms with Gasteiger partial charge in [-0.2, -0.15) is 5.26 Å². The Hall–Kier alpha value is -2.87. The fraction of sp³-hybridized carbons (Fsp3) is 0.0714. The monoisotopic (exact) mass is 253 g/mol. The fourth-order valence-electron chi connectivity index (χ4n) is 1.88. The lowest BCUT2D eigenvalue weighted by atomic mass is 10.1. The third-order valence-electron chi connectivity index (χ3n) is 2.73. The van der Waals surface area contributed by atoms with E-state index in [1.165, 1.54) is 6.20 Å². The summed E-state index contributed by atoms with van der Waals surface area (Å²) in [7, 11) is 0. The zero-order chi connectivity index (χ0) is 13.8. The van der Waals surface area contributed by atoms with E-state index in [0.29, 0.717) is 29.3 Å². The molecule has 5 heteroatoms. The molecule has 0 saturated carbocycles. The van der Waals surface area contributed by atoms with E-state index in [1.807, 2.05) is 6.07 Å². The average molecular weight is 253 g/mol. The number of carbonyl (C=O) groups excluding carboxylic acids is 1. The molecular weight excluding hydrogens is 242 g/mol. The topological polar surface area (TPSA) is 71.8 Å². The lowest BCUT2D eigenvalue weighted by molar-refractivity contribution is 0.111. The van der Waals surface area contributed by atoms with Gasteiger partial charge in [0.1, 0.15) is 6.07 Å². The van der Waals surface area contributed by atoms with E-state index in [9.17, 15) is 4.79 Å². The van der Waals surface area contributed by atoms with Crippen molar-refractivity contribution in [2.75, 3.05) is 0 Å². The number of aromatic nitrogens is 2. The van der Waals surface area contributed by atoms with E-state index in [1.54, 1.807) is 22.8 Å². The van der Waals surface area contributed by atoms with E-state index in [2.05, 4.69) is 18.3 Å². The molecule has 0 N–H and O–H groups in total. The van der Waals surface area contributed by atoms with Crippen molar-refractivity contribution in [2.45, 2.75) is 6.54 Å². The van der Waals surface area contributed by atoms with Crippen LogP contribution in [0.4, 0.5) is 0 Å². The normalized spacial score (nSPS) is 9.84. The summed E-state index contributed by atoms with van der Waals surface area (Å²) in [6.07, 6.45) is 3.83. The minimum Gasteiger partial charge on any atom is -0.359 e. The highest BCUT2D eigenvalue weighted by Gasteiger charge is 2.16. The molecule has 2 aromatic heterocycles. The summed E-state index contributed by atoms with van der Waals surface area (Å²) < 4.78 is 6.69. The highest BCUT2D eigenvalue weighted by molar-refractivity contribution is 5.84. The van der Waals surface area contributed by atoms with Crippen molar-refractivity contribution in [3.63, 3.8) is 0 Å². The van der Waals surface area contributed by atoms with Gasteiger partial charge < -0.3 is 9.09 Å². The summed E-state index contributed by atoms with van der Waals surface area (Å²) in [5.41, 5.74) is 1.95. The zero-order valence-corrected chi connectivity index (χ0v) is 10.2. The first kappa shape index (κ1) is 12.6. The summed E-state index contributed by atoms with van der Waals surface area (Å²) in [6.45, 7) is 7.68. The smallest absolute Gasteiger partial charge is 0.166 e. The first-order valence-electron chi connectivity index (χ1n) is 5.51. The molecule has 0 atom stereocenters. The van der Waals surface area contributed by atoms with Crippen LogP contribution in [0, 0.1) is 11.3 Å². The number of rotatable bonds is 5. The van der Waals surface area contributed by atoms with Gasteiger partial charge in [0.25, 0.3) is 0 Å². The number of nitrogens with zero attached hydrogens (tertiary/aromatic N) is 3. The second-order valence-corrected chi connectivity index (χ2v) is 3.85. The van der Waals surface area contributed by atoms with Crippen molar-refractivity contribution in [1.29, 1.82) is 5.26 Å². The highest BCUT2D eigenvalue weighted by atomic mass is 16.5. The molecule has 0 bridgehead atoms. The van der Waals surface area contributed by atoms with E-state index in [-0.39, 0.29) is 5.57 Å². The SMILES string of the molecule is C=Cc1cc(C=O)n(Cc2ccno2)c1C(=C)C#N. The van der Waals surface area contributed by atoms with Crippen molar-refractivity contribution < 1.29 is 9.32 Å². The fourth-order valence-corrected chi connectivity index (χ4v) is 1.88. The third-order valence-corrected chi connectivity index (χ3v) is 2.73. The molecule has 0 aliphatic rings. The van der Waals surface area contributed by atoms with Gasteiger partial charge in [-0.15, -0.1) is 0 Å². The molecule has 2 aromatic rings. The molecule has 0 spiro atoms. The van der Waals surface area contributed by atoms with Crippen LogP contribution in [0.3, 0.4) is 0 Å². The minimum atomic E-state index is 0.266. The molecule has 0 aliphatic heterocycles. The van der Waals surface area contributed by atoms with Gasteiger partial charge in [-0.05, 0) is 6.07 Å². The van der Waals surface area contributed by atoms with Crippen LogP contribution in [-0.4, -0.2) is 16.0 Å². The molecule has 0 radical (unpaired) electrons. The van der Waals surface area contributed by atoms with Crippen molar-refractivity contribution >= 4 is 17.9 Å². The van der Waals surface area contributed by atoms with Crippen LogP contribution in [0.1, 0.15) is 27.5 Å². The molecule has 0 unspecified atom stereocenters. The Labute approximate surface area is 110 Å². The van der Waals surface area contributed by atoms with Crippen molar-refractivity contribution in [1.82, 2.24) is 9.72 Å². The maximum atomic E-state index is 11.1. The lowest BCUT2D eigenvalue weighted by Crippen LogP contribution is -2.07. The summed E-state index contributed by atoms with van der Waals surface area (Å²) in [5, 5.41) is 12.6. The van der Waals surface area contributed by atoms with Gasteiger partial charge in [-0.1, -0.05) is 24.4 Å². The van der Waals surface area contributed by atoms with Gasteiger partial charge >= 0.3 is 0 Å². The summed E-state index contributed by atoms with van der Waals surface area (Å²) >= 11 is 0. The quantitative estimate of drug-likeness (QED) is 0.606. The molecule has 94 valence electrons. The van der Waals surface area contributed by atoms with Crippen molar-refractivity contribution in [2.24, 2.45) is 0 Å². The third kappa shape index (κ3) is 2.24. The number of carbonyl (C=O) groups is 1. The number of aldehydes is 1. The van der Waals surface area contributed by atoms with Crippen LogP contribution in [0.25, 0.3) is 11.6 Å². The Morgan fingerprint density at radius 1 is 1.63 bits per heavy atom. The van der Waals surface area contributed by atoms with Crippen LogP contribution in [0.15, 0.2) is 36.0 Å². The Morgan fingerprint density at radius 2 is 2.42 bits per heavy atom. The van der Waals surface area contributed by atoms with Gasteiger partial charge in [-0.25, -0.2) is 0 Å². The molecule has 2 rings (SSSR count). The van der Waals surface area contributed by atoms with Crippen LogP contribution < -0.4 is 0 Å². The number of allylic oxidation sites excluding steroid dienone is 1. The average Bonchev–Trinajstić information content (AvgIpc) is 3.05. The molecule has 2 heterocycles. The Morgan fingerprint density at radius 3 is 2.95 bits per heavy atom. The van der Waals surface area contributed by atoms with E-state index in [0.717, 1.165) is 6.29 Å². The predicted molar refractivity (Wildman–Crippen MR) is 70.2 cm³/mol. The minimum absolute atomic E-state index is 0.266. The Kier molecular flexibility index (Phi) is 3.44. The lowest BCUT2D eigenvalue weighted by Gasteiger charge is -2.08. The summed E-state index contributed by atoms with van der Waals surface area (Å²) in [5.74, 6) is 0.585. The van der Waals surface area contributed by atoms with Gasteiger partial charge in [0, 0.05) is 11.6 Å². The van der Waals surface area contributed by atoms with E-state index >= 15 is 0 Å². The predicted octanol–water partition coefficient (Wildman–Crippen LogP) is 2.52. The molecule has 0 aliphatic carbocycles. The Bertz CT molecular complexity index is 672. The second kappa shape index (κ2) is 5.19. The maximum absolute atomic E-state index is 11.1. The van der Waals surface area contributed by atoms with Gasteiger partial charge in [0.2, 0.25) is 0 Å².